The summed E-state index contributed by atoms with van der Waals surface area (Å²) < 4.78 is 5.23. The molecule has 0 radical (unpaired) electrons. The first-order chi connectivity index (χ1) is 14.2. The fourth-order valence-corrected chi connectivity index (χ4v) is 4.44. The summed E-state index contributed by atoms with van der Waals surface area (Å²) in [5.74, 6) is 1.16. The van der Waals surface area contributed by atoms with Crippen LogP contribution in [0.25, 0.3) is 11.1 Å². The molecular formula is C25H21NO3. The fraction of sp³-hybridized carbons (Fsp3) is 0.200. The lowest BCUT2D eigenvalue weighted by atomic mass is 9.98. The lowest BCUT2D eigenvalue weighted by Gasteiger charge is -2.17. The van der Waals surface area contributed by atoms with Crippen LogP contribution in [0.3, 0.4) is 0 Å². The van der Waals surface area contributed by atoms with E-state index in [1.54, 1.807) is 13.2 Å². The van der Waals surface area contributed by atoms with Gasteiger partial charge in [0, 0.05) is 35.7 Å². The van der Waals surface area contributed by atoms with Gasteiger partial charge >= 0.3 is 0 Å². The van der Waals surface area contributed by atoms with Crippen LogP contribution in [0.15, 0.2) is 66.7 Å². The SMILES string of the molecule is COc1ccc(C2CCN(C(=O)c3ccc4c(c3)C(=O)c3ccccc3-4)C2)cc1. The molecule has 1 fully saturated rings. The molecule has 1 aliphatic carbocycles. The number of likely N-dealkylation sites (tertiary alicyclic amines) is 1. The summed E-state index contributed by atoms with van der Waals surface area (Å²) in [4.78, 5) is 27.7. The van der Waals surface area contributed by atoms with E-state index in [2.05, 4.69) is 12.1 Å². The molecule has 1 saturated heterocycles. The van der Waals surface area contributed by atoms with Crippen molar-refractivity contribution in [1.29, 1.82) is 0 Å². The Bertz CT molecular complexity index is 1120. The first-order valence-electron chi connectivity index (χ1n) is 9.87. The number of benzene rings is 3. The molecule has 0 saturated carbocycles. The number of ether oxygens (including phenoxy) is 1. The summed E-state index contributed by atoms with van der Waals surface area (Å²) in [6.07, 6.45) is 0.938. The van der Waals surface area contributed by atoms with Gasteiger partial charge in [0.1, 0.15) is 5.75 Å². The van der Waals surface area contributed by atoms with E-state index in [0.717, 1.165) is 29.8 Å². The zero-order valence-electron chi connectivity index (χ0n) is 16.2. The second kappa shape index (κ2) is 6.89. The van der Waals surface area contributed by atoms with Crippen LogP contribution in [0, 0.1) is 0 Å². The quantitative estimate of drug-likeness (QED) is 0.522. The minimum atomic E-state index is -0.00688. The Labute approximate surface area is 169 Å². The van der Waals surface area contributed by atoms with Crippen molar-refractivity contribution in [3.05, 3.63) is 89.0 Å². The van der Waals surface area contributed by atoms with E-state index in [9.17, 15) is 9.59 Å². The molecule has 144 valence electrons. The van der Waals surface area contributed by atoms with Crippen molar-refractivity contribution in [2.24, 2.45) is 0 Å². The van der Waals surface area contributed by atoms with Gasteiger partial charge in [0.25, 0.3) is 5.91 Å². The van der Waals surface area contributed by atoms with E-state index >= 15 is 0 Å². The number of fused-ring (bicyclic) bond motifs is 3. The van der Waals surface area contributed by atoms with E-state index in [-0.39, 0.29) is 11.7 Å². The molecule has 0 bridgehead atoms. The molecule has 4 heteroatoms. The van der Waals surface area contributed by atoms with Crippen molar-refractivity contribution >= 4 is 11.7 Å². The lowest BCUT2D eigenvalue weighted by Crippen LogP contribution is -2.28. The Kier molecular flexibility index (Phi) is 4.20. The third-order valence-corrected chi connectivity index (χ3v) is 6.04. The van der Waals surface area contributed by atoms with Gasteiger partial charge in [0.2, 0.25) is 0 Å². The first-order valence-corrected chi connectivity index (χ1v) is 9.87. The zero-order chi connectivity index (χ0) is 20.0. The number of hydrogen-bond donors (Lipinski definition) is 0. The molecule has 2 aliphatic rings. The number of methoxy groups -OCH3 is 1. The molecule has 1 unspecified atom stereocenters. The van der Waals surface area contributed by atoms with Gasteiger partial charge in [0.05, 0.1) is 7.11 Å². The Hall–Kier alpha value is -3.40. The van der Waals surface area contributed by atoms with Gasteiger partial charge in [-0.05, 0) is 47.4 Å². The van der Waals surface area contributed by atoms with E-state index in [4.69, 9.17) is 4.74 Å². The van der Waals surface area contributed by atoms with E-state index in [1.165, 1.54) is 5.56 Å². The largest absolute Gasteiger partial charge is 0.497 e. The summed E-state index contributed by atoms with van der Waals surface area (Å²) in [5, 5.41) is 0. The number of hydrogen-bond acceptors (Lipinski definition) is 3. The maximum Gasteiger partial charge on any atom is 0.253 e. The molecule has 1 atom stereocenters. The van der Waals surface area contributed by atoms with Gasteiger partial charge in [0.15, 0.2) is 5.78 Å². The third-order valence-electron chi connectivity index (χ3n) is 6.04. The molecule has 0 spiro atoms. The number of amides is 1. The van der Waals surface area contributed by atoms with E-state index in [1.807, 2.05) is 53.4 Å². The highest BCUT2D eigenvalue weighted by molar-refractivity contribution is 6.22. The Morgan fingerprint density at radius 3 is 2.41 bits per heavy atom. The van der Waals surface area contributed by atoms with Crippen molar-refractivity contribution < 1.29 is 14.3 Å². The van der Waals surface area contributed by atoms with Gasteiger partial charge in [-0.1, -0.05) is 42.5 Å². The summed E-state index contributed by atoms with van der Waals surface area (Å²) in [6.45, 7) is 1.41. The minimum Gasteiger partial charge on any atom is -0.497 e. The third kappa shape index (κ3) is 2.92. The normalized spacial score (nSPS) is 17.2. The summed E-state index contributed by atoms with van der Waals surface area (Å²) >= 11 is 0. The highest BCUT2D eigenvalue weighted by Crippen LogP contribution is 2.37. The number of rotatable bonds is 3. The molecule has 29 heavy (non-hydrogen) atoms. The summed E-state index contributed by atoms with van der Waals surface area (Å²) in [7, 11) is 1.66. The maximum atomic E-state index is 13.1. The van der Waals surface area contributed by atoms with Crippen LogP contribution in [-0.2, 0) is 0 Å². The smallest absolute Gasteiger partial charge is 0.253 e. The molecule has 0 aromatic heterocycles. The van der Waals surface area contributed by atoms with Gasteiger partial charge in [-0.15, -0.1) is 0 Å². The molecular weight excluding hydrogens is 362 g/mol. The van der Waals surface area contributed by atoms with Gasteiger partial charge < -0.3 is 9.64 Å². The Balaban J connectivity index is 1.36. The highest BCUT2D eigenvalue weighted by Gasteiger charge is 2.31. The van der Waals surface area contributed by atoms with Gasteiger partial charge in [-0.2, -0.15) is 0 Å². The lowest BCUT2D eigenvalue weighted by molar-refractivity contribution is 0.0791. The van der Waals surface area contributed by atoms with E-state index in [0.29, 0.717) is 29.2 Å². The highest BCUT2D eigenvalue weighted by atomic mass is 16.5. The molecule has 4 nitrogen and oxygen atoms in total. The molecule has 0 N–H and O–H groups in total. The molecule has 1 aliphatic heterocycles. The molecule has 5 rings (SSSR count). The summed E-state index contributed by atoms with van der Waals surface area (Å²) in [5.41, 5.74) is 5.02. The molecule has 3 aromatic carbocycles. The monoisotopic (exact) mass is 383 g/mol. The molecule has 1 heterocycles. The van der Waals surface area contributed by atoms with Crippen molar-refractivity contribution in [2.45, 2.75) is 12.3 Å². The van der Waals surface area contributed by atoms with Crippen LogP contribution >= 0.6 is 0 Å². The van der Waals surface area contributed by atoms with Crippen LogP contribution < -0.4 is 4.74 Å². The second-order valence-corrected chi connectivity index (χ2v) is 7.64. The van der Waals surface area contributed by atoms with Crippen molar-refractivity contribution in [2.75, 3.05) is 20.2 Å². The standard InChI is InChI=1S/C25H21NO3/c1-29-19-9-6-16(7-10-19)18-12-13-26(15-18)25(28)17-8-11-21-20-4-2-3-5-22(20)24(27)23(21)14-17/h2-11,14,18H,12-13,15H2,1H3. The predicted octanol–water partition coefficient (Wildman–Crippen LogP) is 4.54. The average Bonchev–Trinajstić information content (AvgIpc) is 3.37. The van der Waals surface area contributed by atoms with Crippen LogP contribution in [-0.4, -0.2) is 36.8 Å². The Morgan fingerprint density at radius 2 is 1.66 bits per heavy atom. The van der Waals surface area contributed by atoms with Gasteiger partial charge in [-0.3, -0.25) is 9.59 Å². The van der Waals surface area contributed by atoms with Crippen molar-refractivity contribution in [1.82, 2.24) is 4.90 Å². The second-order valence-electron chi connectivity index (χ2n) is 7.64. The first kappa shape index (κ1) is 17.7. The summed E-state index contributed by atoms with van der Waals surface area (Å²) in [6, 6.07) is 21.2. The van der Waals surface area contributed by atoms with Crippen molar-refractivity contribution in [3.63, 3.8) is 0 Å². The molecule has 3 aromatic rings. The van der Waals surface area contributed by atoms with Gasteiger partial charge in [-0.25, -0.2) is 0 Å². The molecule has 1 amide bonds. The topological polar surface area (TPSA) is 46.6 Å². The number of ketones is 1. The number of nitrogens with zero attached hydrogens (tertiary/aromatic N) is 1. The predicted molar refractivity (Wildman–Crippen MR) is 112 cm³/mol. The maximum absolute atomic E-state index is 13.1. The zero-order valence-corrected chi connectivity index (χ0v) is 16.2. The van der Waals surface area contributed by atoms with Crippen LogP contribution in [0.5, 0.6) is 5.75 Å². The van der Waals surface area contributed by atoms with E-state index < -0.39 is 0 Å². The fourth-order valence-electron chi connectivity index (χ4n) is 4.44. The van der Waals surface area contributed by atoms with Crippen LogP contribution in [0.4, 0.5) is 0 Å². The Morgan fingerprint density at radius 1 is 0.931 bits per heavy atom. The van der Waals surface area contributed by atoms with Crippen LogP contribution in [0.1, 0.15) is 44.2 Å². The minimum absolute atomic E-state index is 0.00258. The average molecular weight is 383 g/mol. The number of carbonyl (C=O) groups excluding carboxylic acids is 2. The van der Waals surface area contributed by atoms with Crippen molar-refractivity contribution in [3.8, 4) is 16.9 Å². The number of carbonyl (C=O) groups is 2. The van der Waals surface area contributed by atoms with Crippen LogP contribution in [0.2, 0.25) is 0 Å².